The highest BCUT2D eigenvalue weighted by atomic mass is 19.1. The number of carbonyl (C=O) groups is 3. The molecule has 1 unspecified atom stereocenters. The van der Waals surface area contributed by atoms with Gasteiger partial charge in [-0.1, -0.05) is 30.3 Å². The van der Waals surface area contributed by atoms with E-state index in [9.17, 15) is 18.8 Å². The van der Waals surface area contributed by atoms with Crippen molar-refractivity contribution in [1.82, 2.24) is 5.32 Å². The number of anilines is 1. The maximum Gasteiger partial charge on any atom is 0.340 e. The van der Waals surface area contributed by atoms with Crippen LogP contribution in [0.25, 0.3) is 0 Å². The third kappa shape index (κ3) is 4.80. The Balaban J connectivity index is 1.62. The highest BCUT2D eigenvalue weighted by Gasteiger charge is 2.36. The van der Waals surface area contributed by atoms with Gasteiger partial charge in [0.25, 0.3) is 0 Å². The third-order valence-corrected chi connectivity index (χ3v) is 4.84. The molecule has 2 aromatic rings. The number of halogens is 1. The van der Waals surface area contributed by atoms with E-state index in [1.165, 1.54) is 11.0 Å². The number of amides is 2. The summed E-state index contributed by atoms with van der Waals surface area (Å²) >= 11 is 0. The Hall–Kier alpha value is -3.22. The quantitative estimate of drug-likeness (QED) is 0.728. The molecule has 1 saturated heterocycles. The standard InChI is InChI=1S/C22H23FN2O4/c1-2-29-22(28)17-8-4-6-10-19(17)25-14-16(13-20(25)26)21(27)24-12-11-15-7-3-5-9-18(15)23/h3-10,16H,2,11-14H2,1H3,(H,24,27). The number of para-hydroxylation sites is 1. The zero-order valence-electron chi connectivity index (χ0n) is 16.2. The van der Waals surface area contributed by atoms with Gasteiger partial charge >= 0.3 is 5.97 Å². The maximum absolute atomic E-state index is 13.7. The lowest BCUT2D eigenvalue weighted by Crippen LogP contribution is -2.34. The van der Waals surface area contributed by atoms with E-state index < -0.39 is 11.9 Å². The minimum atomic E-state index is -0.529. The zero-order chi connectivity index (χ0) is 20.8. The Labute approximate surface area is 168 Å². The number of ether oxygens (including phenoxy) is 1. The average Bonchev–Trinajstić information content (AvgIpc) is 3.11. The molecule has 0 spiro atoms. The molecule has 1 fully saturated rings. The van der Waals surface area contributed by atoms with Gasteiger partial charge in [-0.05, 0) is 37.1 Å². The van der Waals surface area contributed by atoms with E-state index in [1.54, 1.807) is 49.4 Å². The number of hydrogen-bond acceptors (Lipinski definition) is 4. The molecule has 0 aromatic heterocycles. The maximum atomic E-state index is 13.7. The molecule has 2 aromatic carbocycles. The molecule has 152 valence electrons. The fraction of sp³-hybridized carbons (Fsp3) is 0.318. The number of nitrogens with zero attached hydrogens (tertiary/aromatic N) is 1. The smallest absolute Gasteiger partial charge is 0.340 e. The Morgan fingerprint density at radius 2 is 1.90 bits per heavy atom. The summed E-state index contributed by atoms with van der Waals surface area (Å²) in [6, 6.07) is 13.1. The second-order valence-electron chi connectivity index (χ2n) is 6.78. The van der Waals surface area contributed by atoms with Crippen molar-refractivity contribution in [2.75, 3.05) is 24.6 Å². The van der Waals surface area contributed by atoms with Crippen LogP contribution in [-0.2, 0) is 20.7 Å². The van der Waals surface area contributed by atoms with Crippen LogP contribution in [0, 0.1) is 11.7 Å². The van der Waals surface area contributed by atoms with Gasteiger partial charge in [0.15, 0.2) is 0 Å². The Kier molecular flexibility index (Phi) is 6.59. The topological polar surface area (TPSA) is 75.7 Å². The number of hydrogen-bond donors (Lipinski definition) is 1. The zero-order valence-corrected chi connectivity index (χ0v) is 16.2. The van der Waals surface area contributed by atoms with Gasteiger partial charge in [0, 0.05) is 19.5 Å². The third-order valence-electron chi connectivity index (χ3n) is 4.84. The average molecular weight is 398 g/mol. The van der Waals surface area contributed by atoms with Crippen LogP contribution in [0.1, 0.15) is 29.3 Å². The highest BCUT2D eigenvalue weighted by Crippen LogP contribution is 2.28. The summed E-state index contributed by atoms with van der Waals surface area (Å²) in [6.07, 6.45) is 0.428. The minimum Gasteiger partial charge on any atom is -0.462 e. The first-order valence-corrected chi connectivity index (χ1v) is 9.59. The van der Waals surface area contributed by atoms with Gasteiger partial charge in [-0.2, -0.15) is 0 Å². The number of rotatable bonds is 7. The number of carbonyl (C=O) groups excluding carboxylic acids is 3. The van der Waals surface area contributed by atoms with E-state index in [2.05, 4.69) is 5.32 Å². The predicted molar refractivity (Wildman–Crippen MR) is 106 cm³/mol. The minimum absolute atomic E-state index is 0.0582. The second kappa shape index (κ2) is 9.32. The van der Waals surface area contributed by atoms with E-state index in [4.69, 9.17) is 4.74 Å². The first-order valence-electron chi connectivity index (χ1n) is 9.59. The Morgan fingerprint density at radius 3 is 2.66 bits per heavy atom. The van der Waals surface area contributed by atoms with Gasteiger partial charge in [-0.15, -0.1) is 0 Å². The molecular formula is C22H23FN2O4. The molecule has 2 amide bonds. The molecule has 0 saturated carbocycles. The van der Waals surface area contributed by atoms with Crippen molar-refractivity contribution < 1.29 is 23.5 Å². The molecule has 1 N–H and O–H groups in total. The van der Waals surface area contributed by atoms with Crippen molar-refractivity contribution >= 4 is 23.5 Å². The van der Waals surface area contributed by atoms with Crippen molar-refractivity contribution in [2.24, 2.45) is 5.92 Å². The van der Waals surface area contributed by atoms with E-state index in [0.29, 0.717) is 23.2 Å². The van der Waals surface area contributed by atoms with E-state index in [-0.39, 0.29) is 43.7 Å². The van der Waals surface area contributed by atoms with E-state index in [1.807, 2.05) is 0 Å². The lowest BCUT2D eigenvalue weighted by atomic mass is 10.1. The Morgan fingerprint density at radius 1 is 1.17 bits per heavy atom. The molecule has 1 aliphatic heterocycles. The van der Waals surface area contributed by atoms with Crippen molar-refractivity contribution in [3.05, 3.63) is 65.5 Å². The van der Waals surface area contributed by atoms with Gasteiger partial charge in [-0.25, -0.2) is 9.18 Å². The lowest BCUT2D eigenvalue weighted by molar-refractivity contribution is -0.126. The molecule has 0 bridgehead atoms. The summed E-state index contributed by atoms with van der Waals surface area (Å²) in [7, 11) is 0. The van der Waals surface area contributed by atoms with Crippen LogP contribution in [0.5, 0.6) is 0 Å². The molecule has 1 atom stereocenters. The van der Waals surface area contributed by atoms with E-state index in [0.717, 1.165) is 0 Å². The first-order chi connectivity index (χ1) is 14.0. The molecule has 1 heterocycles. The summed E-state index contributed by atoms with van der Waals surface area (Å²) in [6.45, 7) is 2.40. The molecule has 3 rings (SSSR count). The summed E-state index contributed by atoms with van der Waals surface area (Å²) < 4.78 is 18.7. The number of esters is 1. The summed E-state index contributed by atoms with van der Waals surface area (Å²) in [5.74, 6) is -1.83. The molecule has 29 heavy (non-hydrogen) atoms. The number of nitrogens with one attached hydrogen (secondary N) is 1. The van der Waals surface area contributed by atoms with Crippen molar-refractivity contribution in [3.8, 4) is 0 Å². The van der Waals surface area contributed by atoms with Crippen LogP contribution in [0.4, 0.5) is 10.1 Å². The molecule has 0 radical (unpaired) electrons. The Bertz CT molecular complexity index is 915. The van der Waals surface area contributed by atoms with E-state index >= 15 is 0 Å². The van der Waals surface area contributed by atoms with Crippen LogP contribution in [-0.4, -0.2) is 37.5 Å². The first kappa shape index (κ1) is 20.5. The van der Waals surface area contributed by atoms with Crippen molar-refractivity contribution in [2.45, 2.75) is 19.8 Å². The monoisotopic (exact) mass is 398 g/mol. The van der Waals surface area contributed by atoms with Crippen molar-refractivity contribution in [3.63, 3.8) is 0 Å². The van der Waals surface area contributed by atoms with Crippen LogP contribution in [0.15, 0.2) is 48.5 Å². The summed E-state index contributed by atoms with van der Waals surface area (Å²) in [5, 5.41) is 2.77. The molecule has 1 aliphatic rings. The molecule has 7 heteroatoms. The SMILES string of the molecule is CCOC(=O)c1ccccc1N1CC(C(=O)NCCc2ccccc2F)CC1=O. The van der Waals surface area contributed by atoms with Gasteiger partial charge in [0.2, 0.25) is 11.8 Å². The predicted octanol–water partition coefficient (Wildman–Crippen LogP) is 2.71. The van der Waals surface area contributed by atoms with Crippen LogP contribution < -0.4 is 10.2 Å². The van der Waals surface area contributed by atoms with Gasteiger partial charge in [-0.3, -0.25) is 9.59 Å². The second-order valence-corrected chi connectivity index (χ2v) is 6.78. The summed E-state index contributed by atoms with van der Waals surface area (Å²) in [4.78, 5) is 38.6. The number of benzene rings is 2. The summed E-state index contributed by atoms with van der Waals surface area (Å²) in [5.41, 5.74) is 1.27. The highest BCUT2D eigenvalue weighted by molar-refractivity contribution is 6.05. The fourth-order valence-electron chi connectivity index (χ4n) is 3.37. The molecule has 0 aliphatic carbocycles. The lowest BCUT2D eigenvalue weighted by Gasteiger charge is -2.19. The largest absolute Gasteiger partial charge is 0.462 e. The normalized spacial score (nSPS) is 16.0. The van der Waals surface area contributed by atoms with Crippen LogP contribution in [0.2, 0.25) is 0 Å². The van der Waals surface area contributed by atoms with Crippen LogP contribution >= 0.6 is 0 Å². The van der Waals surface area contributed by atoms with Gasteiger partial charge < -0.3 is 15.0 Å². The van der Waals surface area contributed by atoms with Crippen LogP contribution in [0.3, 0.4) is 0 Å². The fourth-order valence-corrected chi connectivity index (χ4v) is 3.37. The van der Waals surface area contributed by atoms with Gasteiger partial charge in [0.05, 0.1) is 23.8 Å². The van der Waals surface area contributed by atoms with Gasteiger partial charge in [0.1, 0.15) is 5.82 Å². The van der Waals surface area contributed by atoms with Crippen molar-refractivity contribution in [1.29, 1.82) is 0 Å². The molecule has 6 nitrogen and oxygen atoms in total. The molecular weight excluding hydrogens is 375 g/mol.